The van der Waals surface area contributed by atoms with E-state index in [4.69, 9.17) is 18.9 Å². The molecule has 0 spiro atoms. The smallest absolute Gasteiger partial charge is 0.300 e. The maximum absolute atomic E-state index is 12.0. The van der Waals surface area contributed by atoms with Gasteiger partial charge < -0.3 is 18.9 Å². The summed E-state index contributed by atoms with van der Waals surface area (Å²) < 4.78 is 25.3. The van der Waals surface area contributed by atoms with Crippen LogP contribution in [-0.4, -0.2) is 35.2 Å². The third kappa shape index (κ3) is 5.15. The summed E-state index contributed by atoms with van der Waals surface area (Å²) in [4.78, 5) is 16.0. The summed E-state index contributed by atoms with van der Waals surface area (Å²) in [5, 5.41) is 0. The highest BCUT2D eigenvalue weighted by Crippen LogP contribution is 2.33. The van der Waals surface area contributed by atoms with Gasteiger partial charge >= 0.3 is 6.01 Å². The van der Waals surface area contributed by atoms with Gasteiger partial charge in [0.2, 0.25) is 0 Å². The highest BCUT2D eigenvalue weighted by atomic mass is 16.7. The minimum absolute atomic E-state index is 0.202. The lowest BCUT2D eigenvalue weighted by molar-refractivity contribution is -0.169. The van der Waals surface area contributed by atoms with E-state index in [-0.39, 0.29) is 18.0 Å². The Bertz CT molecular complexity index is 946. The molecule has 2 aromatic rings. The normalized spacial score (nSPS) is 23.5. The highest BCUT2D eigenvalue weighted by Gasteiger charge is 2.27. The molecular formula is C25H32N2O5. The number of benzene rings is 1. The Morgan fingerprint density at radius 1 is 1.03 bits per heavy atom. The molecule has 2 fully saturated rings. The molecule has 1 aliphatic carbocycles. The second-order valence-electron chi connectivity index (χ2n) is 9.04. The molecule has 0 bridgehead atoms. The van der Waals surface area contributed by atoms with Gasteiger partial charge in [-0.15, -0.1) is 0 Å². The molecule has 7 nitrogen and oxygen atoms in total. The number of hydrogen-bond donors (Lipinski definition) is 0. The van der Waals surface area contributed by atoms with E-state index in [2.05, 4.69) is 29.2 Å². The lowest BCUT2D eigenvalue weighted by Gasteiger charge is -2.23. The van der Waals surface area contributed by atoms with Crippen molar-refractivity contribution in [1.82, 2.24) is 9.55 Å². The van der Waals surface area contributed by atoms with Crippen molar-refractivity contribution in [3.05, 3.63) is 51.9 Å². The van der Waals surface area contributed by atoms with Crippen LogP contribution < -0.4 is 15.0 Å². The second kappa shape index (κ2) is 10.0. The van der Waals surface area contributed by atoms with Crippen molar-refractivity contribution in [2.45, 2.75) is 82.8 Å². The van der Waals surface area contributed by atoms with E-state index in [1.54, 1.807) is 0 Å². The van der Waals surface area contributed by atoms with Crippen molar-refractivity contribution in [1.29, 1.82) is 0 Å². The van der Waals surface area contributed by atoms with Crippen molar-refractivity contribution in [3.63, 3.8) is 0 Å². The molecule has 7 heteroatoms. The predicted molar refractivity (Wildman–Crippen MR) is 119 cm³/mol. The fraction of sp³-hybridized carbons (Fsp3) is 0.600. The molecule has 0 N–H and O–H groups in total. The van der Waals surface area contributed by atoms with Crippen molar-refractivity contribution >= 4 is 0 Å². The molecule has 0 radical (unpaired) electrons. The maximum atomic E-state index is 12.0. The molecule has 1 aromatic carbocycles. The number of ether oxygens (including phenoxy) is 4. The van der Waals surface area contributed by atoms with Crippen molar-refractivity contribution in [3.8, 4) is 11.8 Å². The Hall–Kier alpha value is -2.38. The van der Waals surface area contributed by atoms with Crippen LogP contribution in [0, 0.1) is 0 Å². The fourth-order valence-corrected chi connectivity index (χ4v) is 4.89. The number of hydrogen-bond acceptors (Lipinski definition) is 6. The standard InChI is InChI=1S/C25H32N2O5/c28-23-14-20(16-31-24-8-4-5-13-29-24)27-15-22(32-25(27)26-23)17-30-21-11-9-19(10-12-21)18-6-2-1-3-7-18/h9-12,14,18,22,24H,1-8,13,15-17H2. The van der Waals surface area contributed by atoms with E-state index in [0.29, 0.717) is 31.7 Å². The number of nitrogens with zero attached hydrogens (tertiary/aromatic N) is 2. The third-order valence-corrected chi connectivity index (χ3v) is 6.68. The second-order valence-corrected chi connectivity index (χ2v) is 9.04. The molecule has 1 saturated carbocycles. The van der Waals surface area contributed by atoms with Crippen molar-refractivity contribution < 1.29 is 18.9 Å². The number of fused-ring (bicyclic) bond motifs is 1. The van der Waals surface area contributed by atoms with Crippen LogP contribution in [0.2, 0.25) is 0 Å². The zero-order valence-electron chi connectivity index (χ0n) is 18.5. The van der Waals surface area contributed by atoms with Gasteiger partial charge in [-0.3, -0.25) is 9.36 Å². The molecule has 1 aromatic heterocycles. The zero-order chi connectivity index (χ0) is 21.8. The quantitative estimate of drug-likeness (QED) is 0.643. The largest absolute Gasteiger partial charge is 0.490 e. The monoisotopic (exact) mass is 440 g/mol. The molecule has 172 valence electrons. The fourth-order valence-electron chi connectivity index (χ4n) is 4.89. The predicted octanol–water partition coefficient (Wildman–Crippen LogP) is 4.17. The van der Waals surface area contributed by atoms with Crippen LogP contribution in [0.3, 0.4) is 0 Å². The average molecular weight is 441 g/mol. The highest BCUT2D eigenvalue weighted by molar-refractivity contribution is 5.29. The molecular weight excluding hydrogens is 408 g/mol. The molecule has 0 amide bonds. The summed E-state index contributed by atoms with van der Waals surface area (Å²) in [6.45, 7) is 2.00. The number of rotatable bonds is 7. The third-order valence-electron chi connectivity index (χ3n) is 6.68. The molecule has 1 saturated heterocycles. The molecule has 5 rings (SSSR count). The van der Waals surface area contributed by atoms with Crippen molar-refractivity contribution in [2.75, 3.05) is 13.2 Å². The van der Waals surface area contributed by atoms with Crippen LogP contribution in [0.25, 0.3) is 0 Å². The van der Waals surface area contributed by atoms with Gasteiger partial charge in [0, 0.05) is 12.7 Å². The average Bonchev–Trinajstić information content (AvgIpc) is 3.25. The Morgan fingerprint density at radius 2 is 1.84 bits per heavy atom. The maximum Gasteiger partial charge on any atom is 0.300 e. The van der Waals surface area contributed by atoms with Gasteiger partial charge in [-0.2, -0.15) is 4.98 Å². The van der Waals surface area contributed by atoms with Gasteiger partial charge in [0.1, 0.15) is 12.4 Å². The Kier molecular flexibility index (Phi) is 6.74. The minimum atomic E-state index is -0.320. The molecule has 2 unspecified atom stereocenters. The van der Waals surface area contributed by atoms with Crippen LogP contribution in [0.1, 0.15) is 68.5 Å². The first-order valence-electron chi connectivity index (χ1n) is 12.0. The van der Waals surface area contributed by atoms with E-state index < -0.39 is 0 Å². The Morgan fingerprint density at radius 3 is 2.62 bits per heavy atom. The first-order valence-corrected chi connectivity index (χ1v) is 12.0. The van der Waals surface area contributed by atoms with Crippen LogP contribution in [0.15, 0.2) is 35.1 Å². The molecule has 3 aliphatic rings. The number of aromatic nitrogens is 2. The summed E-state index contributed by atoms with van der Waals surface area (Å²) in [5.41, 5.74) is 1.85. The summed E-state index contributed by atoms with van der Waals surface area (Å²) in [6.07, 6.45) is 9.26. The Labute approximate surface area is 188 Å². The van der Waals surface area contributed by atoms with Crippen LogP contribution in [0.5, 0.6) is 11.8 Å². The first kappa shape index (κ1) is 21.5. The topological polar surface area (TPSA) is 71.8 Å². The van der Waals surface area contributed by atoms with Crippen LogP contribution >= 0.6 is 0 Å². The molecule has 3 heterocycles. The molecule has 2 aliphatic heterocycles. The summed E-state index contributed by atoms with van der Waals surface area (Å²) >= 11 is 0. The van der Waals surface area contributed by atoms with Gasteiger partial charge in [0.15, 0.2) is 12.4 Å². The zero-order valence-corrected chi connectivity index (χ0v) is 18.5. The first-order chi connectivity index (χ1) is 15.7. The van der Waals surface area contributed by atoms with Gasteiger partial charge in [0.25, 0.3) is 5.56 Å². The molecule has 32 heavy (non-hydrogen) atoms. The van der Waals surface area contributed by atoms with Crippen molar-refractivity contribution in [2.24, 2.45) is 0 Å². The lowest BCUT2D eigenvalue weighted by atomic mass is 9.84. The summed E-state index contributed by atoms with van der Waals surface area (Å²) in [7, 11) is 0. The Balaban J connectivity index is 1.16. The van der Waals surface area contributed by atoms with E-state index in [1.807, 2.05) is 4.57 Å². The summed E-state index contributed by atoms with van der Waals surface area (Å²) in [6, 6.07) is 10.3. The lowest BCUT2D eigenvalue weighted by Crippen LogP contribution is -2.24. The van der Waals surface area contributed by atoms with E-state index in [1.165, 1.54) is 43.7 Å². The molecule has 2 atom stereocenters. The van der Waals surface area contributed by atoms with Gasteiger partial charge in [-0.25, -0.2) is 0 Å². The van der Waals surface area contributed by atoms with Crippen LogP contribution in [-0.2, 0) is 22.6 Å². The van der Waals surface area contributed by atoms with E-state index >= 15 is 0 Å². The summed E-state index contributed by atoms with van der Waals surface area (Å²) in [5.74, 6) is 1.53. The SMILES string of the molecule is O=c1cc(COC2CCCCO2)n2c(n1)OC(COc1ccc(C3CCCCC3)cc1)C2. The van der Waals surface area contributed by atoms with Gasteiger partial charge in [-0.1, -0.05) is 31.4 Å². The van der Waals surface area contributed by atoms with Gasteiger partial charge in [-0.05, 0) is 55.7 Å². The van der Waals surface area contributed by atoms with Gasteiger partial charge in [0.05, 0.1) is 18.8 Å². The van der Waals surface area contributed by atoms with E-state index in [9.17, 15) is 4.79 Å². The van der Waals surface area contributed by atoms with Crippen LogP contribution in [0.4, 0.5) is 0 Å². The van der Waals surface area contributed by atoms with E-state index in [0.717, 1.165) is 37.3 Å². The minimum Gasteiger partial charge on any atom is -0.490 e.